The van der Waals surface area contributed by atoms with Crippen LogP contribution in [0.2, 0.25) is 0 Å². The van der Waals surface area contributed by atoms with Gasteiger partial charge in [-0.25, -0.2) is 4.68 Å². The van der Waals surface area contributed by atoms with Gasteiger partial charge in [0.25, 0.3) is 5.56 Å². The number of amides is 1. The summed E-state index contributed by atoms with van der Waals surface area (Å²) in [6.45, 7) is 4.16. The predicted octanol–water partition coefficient (Wildman–Crippen LogP) is 2.91. The molecule has 1 N–H and O–H groups in total. The molecule has 1 aliphatic carbocycles. The maximum atomic E-state index is 12.4. The fourth-order valence-electron chi connectivity index (χ4n) is 3.36. The van der Waals surface area contributed by atoms with Crippen LogP contribution >= 0.6 is 0 Å². The molecule has 5 heteroatoms. The van der Waals surface area contributed by atoms with Crippen LogP contribution in [0.4, 0.5) is 0 Å². The monoisotopic (exact) mass is 339 g/mol. The van der Waals surface area contributed by atoms with E-state index in [1.54, 1.807) is 6.07 Å². The van der Waals surface area contributed by atoms with Crippen LogP contribution in [0.15, 0.2) is 41.2 Å². The zero-order chi connectivity index (χ0) is 17.8. The van der Waals surface area contributed by atoms with Crippen LogP contribution in [0.25, 0.3) is 11.3 Å². The lowest BCUT2D eigenvalue weighted by Gasteiger charge is -2.29. The van der Waals surface area contributed by atoms with Gasteiger partial charge < -0.3 is 5.32 Å². The molecule has 132 valence electrons. The topological polar surface area (TPSA) is 64.0 Å². The van der Waals surface area contributed by atoms with Gasteiger partial charge in [0, 0.05) is 17.7 Å². The minimum atomic E-state index is -0.261. The first kappa shape index (κ1) is 17.4. The first-order valence-corrected chi connectivity index (χ1v) is 8.97. The molecule has 0 bridgehead atoms. The summed E-state index contributed by atoms with van der Waals surface area (Å²) < 4.78 is 1.25. The fourth-order valence-corrected chi connectivity index (χ4v) is 3.36. The first-order chi connectivity index (χ1) is 12.0. The molecular formula is C20H25N3O2. The number of nitrogens with one attached hydrogen (secondary N) is 1. The molecule has 3 rings (SSSR count). The van der Waals surface area contributed by atoms with Gasteiger partial charge in [-0.2, -0.15) is 5.10 Å². The highest BCUT2D eigenvalue weighted by Gasteiger charge is 2.23. The standard InChI is InChI=1S/C20H25N3O2/c1-14-7-9-16(10-8-14)18-11-12-20(25)23(22-18)13-19(24)21-17-6-4-3-5-15(17)2/h7-12,15,17H,3-6,13H2,1-2H3,(H,21,24)/t15-,17+/m0/s1. The largest absolute Gasteiger partial charge is 0.351 e. The van der Waals surface area contributed by atoms with Crippen molar-refractivity contribution in [3.8, 4) is 11.3 Å². The summed E-state index contributed by atoms with van der Waals surface area (Å²) in [5, 5.41) is 7.44. The Hall–Kier alpha value is -2.43. The number of rotatable bonds is 4. The van der Waals surface area contributed by atoms with E-state index in [0.717, 1.165) is 30.4 Å². The van der Waals surface area contributed by atoms with Crippen LogP contribution in [0.1, 0.15) is 38.2 Å². The molecule has 0 radical (unpaired) electrons. The Morgan fingerprint density at radius 3 is 2.60 bits per heavy atom. The summed E-state index contributed by atoms with van der Waals surface area (Å²) in [7, 11) is 0. The van der Waals surface area contributed by atoms with Crippen LogP contribution in [0, 0.1) is 12.8 Å². The summed E-state index contributed by atoms with van der Waals surface area (Å²) in [5.41, 5.74) is 2.53. The number of aryl methyl sites for hydroxylation is 1. The maximum absolute atomic E-state index is 12.4. The van der Waals surface area contributed by atoms with E-state index in [1.807, 2.05) is 31.2 Å². The Labute approximate surface area is 148 Å². The van der Waals surface area contributed by atoms with E-state index in [4.69, 9.17) is 0 Å². The van der Waals surface area contributed by atoms with Gasteiger partial charge in [0.15, 0.2) is 0 Å². The molecule has 0 saturated heterocycles. The maximum Gasteiger partial charge on any atom is 0.267 e. The minimum Gasteiger partial charge on any atom is -0.351 e. The van der Waals surface area contributed by atoms with Gasteiger partial charge in [-0.05, 0) is 31.7 Å². The molecule has 5 nitrogen and oxygen atoms in total. The Bertz CT molecular complexity index is 795. The van der Waals surface area contributed by atoms with Crippen molar-refractivity contribution in [1.82, 2.24) is 15.1 Å². The lowest BCUT2D eigenvalue weighted by molar-refractivity contribution is -0.123. The third kappa shape index (κ3) is 4.35. The van der Waals surface area contributed by atoms with E-state index in [0.29, 0.717) is 11.6 Å². The van der Waals surface area contributed by atoms with Gasteiger partial charge in [0.1, 0.15) is 6.54 Å². The third-order valence-electron chi connectivity index (χ3n) is 4.97. The van der Waals surface area contributed by atoms with Gasteiger partial charge in [-0.15, -0.1) is 0 Å². The second-order valence-electron chi connectivity index (χ2n) is 7.02. The second kappa shape index (κ2) is 7.64. The van der Waals surface area contributed by atoms with Crippen LogP contribution in [-0.4, -0.2) is 21.7 Å². The molecule has 2 atom stereocenters. The molecule has 0 aliphatic heterocycles. The molecule has 1 fully saturated rings. The highest BCUT2D eigenvalue weighted by atomic mass is 16.2. The lowest BCUT2D eigenvalue weighted by atomic mass is 9.86. The zero-order valence-electron chi connectivity index (χ0n) is 14.9. The molecule has 25 heavy (non-hydrogen) atoms. The Balaban J connectivity index is 1.73. The minimum absolute atomic E-state index is 0.0399. The molecule has 0 unspecified atom stereocenters. The number of hydrogen-bond donors (Lipinski definition) is 1. The fraction of sp³-hybridized carbons (Fsp3) is 0.450. The van der Waals surface area contributed by atoms with E-state index in [-0.39, 0.29) is 24.1 Å². The number of nitrogens with zero attached hydrogens (tertiary/aromatic N) is 2. The number of benzene rings is 1. The number of hydrogen-bond acceptors (Lipinski definition) is 3. The van der Waals surface area contributed by atoms with Crippen molar-refractivity contribution in [2.45, 2.75) is 52.1 Å². The summed E-state index contributed by atoms with van der Waals surface area (Å²) in [6, 6.07) is 11.3. The molecule has 0 spiro atoms. The van der Waals surface area contributed by atoms with Crippen molar-refractivity contribution in [3.05, 3.63) is 52.3 Å². The van der Waals surface area contributed by atoms with Crippen LogP contribution in [0.3, 0.4) is 0 Å². The number of carbonyl (C=O) groups excluding carboxylic acids is 1. The van der Waals surface area contributed by atoms with Crippen molar-refractivity contribution in [2.75, 3.05) is 0 Å². The molecule has 1 aliphatic rings. The molecule has 1 aromatic carbocycles. The van der Waals surface area contributed by atoms with Crippen LogP contribution < -0.4 is 10.9 Å². The van der Waals surface area contributed by atoms with Gasteiger partial charge in [-0.1, -0.05) is 49.6 Å². The molecule has 1 saturated carbocycles. The Morgan fingerprint density at radius 2 is 1.88 bits per heavy atom. The summed E-state index contributed by atoms with van der Waals surface area (Å²) in [4.78, 5) is 24.4. The van der Waals surface area contributed by atoms with Gasteiger partial charge >= 0.3 is 0 Å². The normalized spacial score (nSPS) is 20.2. The molecule has 1 aromatic heterocycles. The predicted molar refractivity (Wildman–Crippen MR) is 98.2 cm³/mol. The average molecular weight is 339 g/mol. The smallest absolute Gasteiger partial charge is 0.267 e. The Kier molecular flexibility index (Phi) is 5.31. The lowest BCUT2D eigenvalue weighted by Crippen LogP contribution is -2.43. The molecule has 1 amide bonds. The SMILES string of the molecule is Cc1ccc(-c2ccc(=O)n(CC(=O)N[C@@H]3CCCC[C@@H]3C)n2)cc1. The highest BCUT2D eigenvalue weighted by Crippen LogP contribution is 2.23. The van der Waals surface area contributed by atoms with E-state index >= 15 is 0 Å². The number of aromatic nitrogens is 2. The Morgan fingerprint density at radius 1 is 1.16 bits per heavy atom. The number of carbonyl (C=O) groups is 1. The van der Waals surface area contributed by atoms with Crippen molar-refractivity contribution < 1.29 is 4.79 Å². The quantitative estimate of drug-likeness (QED) is 0.931. The third-order valence-corrected chi connectivity index (χ3v) is 4.97. The van der Waals surface area contributed by atoms with E-state index in [1.165, 1.54) is 17.2 Å². The second-order valence-corrected chi connectivity index (χ2v) is 7.02. The van der Waals surface area contributed by atoms with E-state index < -0.39 is 0 Å². The van der Waals surface area contributed by atoms with Crippen molar-refractivity contribution in [2.24, 2.45) is 5.92 Å². The van der Waals surface area contributed by atoms with E-state index in [2.05, 4.69) is 17.3 Å². The highest BCUT2D eigenvalue weighted by molar-refractivity contribution is 5.76. The average Bonchev–Trinajstić information content (AvgIpc) is 2.60. The van der Waals surface area contributed by atoms with Crippen LogP contribution in [0.5, 0.6) is 0 Å². The first-order valence-electron chi connectivity index (χ1n) is 8.97. The van der Waals surface area contributed by atoms with Gasteiger partial charge in [-0.3, -0.25) is 9.59 Å². The molecule has 2 aromatic rings. The summed E-state index contributed by atoms with van der Waals surface area (Å²) in [6.07, 6.45) is 4.54. The van der Waals surface area contributed by atoms with Crippen molar-refractivity contribution >= 4 is 5.91 Å². The summed E-state index contributed by atoms with van der Waals surface area (Å²) in [5.74, 6) is 0.343. The molecule has 1 heterocycles. The molecular weight excluding hydrogens is 314 g/mol. The van der Waals surface area contributed by atoms with Gasteiger partial charge in [0.2, 0.25) is 5.91 Å². The zero-order valence-corrected chi connectivity index (χ0v) is 14.9. The van der Waals surface area contributed by atoms with Gasteiger partial charge in [0.05, 0.1) is 5.69 Å². The summed E-state index contributed by atoms with van der Waals surface area (Å²) >= 11 is 0. The van der Waals surface area contributed by atoms with Crippen LogP contribution in [-0.2, 0) is 11.3 Å². The van der Waals surface area contributed by atoms with E-state index in [9.17, 15) is 9.59 Å². The van der Waals surface area contributed by atoms with Crippen molar-refractivity contribution in [1.29, 1.82) is 0 Å². The van der Waals surface area contributed by atoms with Crippen molar-refractivity contribution in [3.63, 3.8) is 0 Å².